The van der Waals surface area contributed by atoms with Crippen LogP contribution in [0.25, 0.3) is 0 Å². The molecule has 114 valence electrons. The first kappa shape index (κ1) is 15.5. The third kappa shape index (κ3) is 3.60. The number of Topliss-reactive ketones (excluding diaryl/α,β-unsaturated/α-hetero) is 1. The van der Waals surface area contributed by atoms with Gasteiger partial charge in [-0.15, -0.1) is 0 Å². The van der Waals surface area contributed by atoms with Gasteiger partial charge >= 0.3 is 0 Å². The Labute approximate surface area is 126 Å². The average Bonchev–Trinajstić information content (AvgIpc) is 2.95. The minimum absolute atomic E-state index is 0.237. The van der Waals surface area contributed by atoms with E-state index in [1.54, 1.807) is 6.20 Å². The highest BCUT2D eigenvalue weighted by Gasteiger charge is 2.13. The maximum absolute atomic E-state index is 12.2. The molecule has 2 heterocycles. The summed E-state index contributed by atoms with van der Waals surface area (Å²) >= 11 is 0. The van der Waals surface area contributed by atoms with E-state index in [2.05, 4.69) is 21.6 Å². The van der Waals surface area contributed by atoms with Gasteiger partial charge in [0.1, 0.15) is 11.6 Å². The largest absolute Gasteiger partial charge is 0.335 e. The lowest BCUT2D eigenvalue weighted by Crippen LogP contribution is -2.11. The molecule has 0 amide bonds. The summed E-state index contributed by atoms with van der Waals surface area (Å²) in [5, 5.41) is 4.39. The normalized spacial score (nSPS) is 11.0. The Balaban J connectivity index is 1.94. The van der Waals surface area contributed by atoms with E-state index in [1.165, 1.54) is 5.56 Å². The molecule has 2 aromatic heterocycles. The quantitative estimate of drug-likeness (QED) is 0.786. The zero-order valence-corrected chi connectivity index (χ0v) is 13.4. The number of aryl methyl sites for hydroxylation is 3. The predicted molar refractivity (Wildman–Crippen MR) is 82.2 cm³/mol. The summed E-state index contributed by atoms with van der Waals surface area (Å²) in [6.07, 6.45) is 6.50. The second-order valence-electron chi connectivity index (χ2n) is 5.53. The second-order valence-corrected chi connectivity index (χ2v) is 5.53. The minimum atomic E-state index is 0.237. The van der Waals surface area contributed by atoms with Gasteiger partial charge < -0.3 is 4.57 Å². The summed E-state index contributed by atoms with van der Waals surface area (Å²) < 4.78 is 3.95. The highest BCUT2D eigenvalue weighted by molar-refractivity contribution is 5.80. The lowest BCUT2D eigenvalue weighted by Gasteiger charge is -2.06. The molecule has 0 atom stereocenters. The van der Waals surface area contributed by atoms with Crippen molar-refractivity contribution in [3.05, 3.63) is 35.2 Å². The molecule has 0 aromatic carbocycles. The van der Waals surface area contributed by atoms with E-state index in [-0.39, 0.29) is 5.78 Å². The molecule has 0 spiro atoms. The Morgan fingerprint density at radius 2 is 2.10 bits per heavy atom. The zero-order valence-electron chi connectivity index (χ0n) is 13.4. The highest BCUT2D eigenvalue weighted by atomic mass is 16.1. The Kier molecular flexibility index (Phi) is 4.94. The van der Waals surface area contributed by atoms with Crippen LogP contribution in [0.1, 0.15) is 42.5 Å². The fourth-order valence-electron chi connectivity index (χ4n) is 2.66. The summed E-state index contributed by atoms with van der Waals surface area (Å²) in [6.45, 7) is 7.09. The van der Waals surface area contributed by atoms with Crippen LogP contribution in [0.5, 0.6) is 0 Å². The standard InChI is InChI=1S/C16H24N4O/c1-5-9-20-10-8-17-16(20)11-14(21)6-7-15-12(2)18-19(4)13(15)3/h8,10H,5-7,9,11H2,1-4H3. The first-order valence-electron chi connectivity index (χ1n) is 7.53. The van der Waals surface area contributed by atoms with E-state index in [4.69, 9.17) is 0 Å². The van der Waals surface area contributed by atoms with Gasteiger partial charge in [0.15, 0.2) is 0 Å². The van der Waals surface area contributed by atoms with Crippen molar-refractivity contribution < 1.29 is 4.79 Å². The van der Waals surface area contributed by atoms with E-state index in [1.807, 2.05) is 31.8 Å². The van der Waals surface area contributed by atoms with Crippen LogP contribution in [0.2, 0.25) is 0 Å². The molecule has 5 nitrogen and oxygen atoms in total. The van der Waals surface area contributed by atoms with Crippen molar-refractivity contribution in [2.45, 2.75) is 53.0 Å². The first-order valence-corrected chi connectivity index (χ1v) is 7.53. The third-order valence-electron chi connectivity index (χ3n) is 3.93. The number of imidazole rings is 1. The van der Waals surface area contributed by atoms with Crippen molar-refractivity contribution in [3.8, 4) is 0 Å². The van der Waals surface area contributed by atoms with E-state index >= 15 is 0 Å². The third-order valence-corrected chi connectivity index (χ3v) is 3.93. The summed E-state index contributed by atoms with van der Waals surface area (Å²) in [4.78, 5) is 16.5. The van der Waals surface area contributed by atoms with Crippen LogP contribution in [0.4, 0.5) is 0 Å². The number of aromatic nitrogens is 4. The molecule has 2 rings (SSSR count). The monoisotopic (exact) mass is 288 g/mol. The Bertz CT molecular complexity index is 624. The Morgan fingerprint density at radius 3 is 2.71 bits per heavy atom. The molecule has 5 heteroatoms. The summed E-state index contributed by atoms with van der Waals surface area (Å²) in [7, 11) is 1.94. The van der Waals surface area contributed by atoms with Crippen molar-refractivity contribution in [3.63, 3.8) is 0 Å². The molecule has 21 heavy (non-hydrogen) atoms. The molecule has 0 aliphatic heterocycles. The number of ketones is 1. The number of nitrogens with zero attached hydrogens (tertiary/aromatic N) is 4. The van der Waals surface area contributed by atoms with E-state index in [0.717, 1.165) is 36.6 Å². The van der Waals surface area contributed by atoms with Crippen LogP contribution < -0.4 is 0 Å². The SMILES string of the molecule is CCCn1ccnc1CC(=O)CCc1c(C)nn(C)c1C. The van der Waals surface area contributed by atoms with Crippen molar-refractivity contribution in [1.29, 1.82) is 0 Å². The van der Waals surface area contributed by atoms with Gasteiger partial charge in [0.25, 0.3) is 0 Å². The molecule has 2 aromatic rings. The predicted octanol–water partition coefficient (Wildman–Crippen LogP) is 2.39. The molecule has 0 saturated heterocycles. The summed E-state index contributed by atoms with van der Waals surface area (Å²) in [5.41, 5.74) is 3.37. The molecule has 0 radical (unpaired) electrons. The van der Waals surface area contributed by atoms with Crippen LogP contribution in [0.15, 0.2) is 12.4 Å². The van der Waals surface area contributed by atoms with Crippen LogP contribution >= 0.6 is 0 Å². The van der Waals surface area contributed by atoms with Gasteiger partial charge in [-0.1, -0.05) is 6.92 Å². The van der Waals surface area contributed by atoms with Crippen molar-refractivity contribution >= 4 is 5.78 Å². The molecule has 0 bridgehead atoms. The number of hydrogen-bond acceptors (Lipinski definition) is 3. The van der Waals surface area contributed by atoms with Crippen molar-refractivity contribution in [2.75, 3.05) is 0 Å². The lowest BCUT2D eigenvalue weighted by atomic mass is 10.0. The van der Waals surface area contributed by atoms with Gasteiger partial charge in [0.2, 0.25) is 0 Å². The van der Waals surface area contributed by atoms with Crippen LogP contribution in [-0.2, 0) is 31.2 Å². The minimum Gasteiger partial charge on any atom is -0.335 e. The molecular formula is C16H24N4O. The summed E-state index contributed by atoms with van der Waals surface area (Å²) in [5.74, 6) is 1.11. The lowest BCUT2D eigenvalue weighted by molar-refractivity contribution is -0.118. The van der Waals surface area contributed by atoms with E-state index in [9.17, 15) is 4.79 Å². The van der Waals surface area contributed by atoms with Gasteiger partial charge in [-0.2, -0.15) is 5.10 Å². The maximum Gasteiger partial charge on any atom is 0.140 e. The number of rotatable bonds is 7. The fourth-order valence-corrected chi connectivity index (χ4v) is 2.66. The van der Waals surface area contributed by atoms with Crippen molar-refractivity contribution in [2.24, 2.45) is 7.05 Å². The van der Waals surface area contributed by atoms with Gasteiger partial charge in [-0.3, -0.25) is 9.48 Å². The molecule has 0 aliphatic rings. The average molecular weight is 288 g/mol. The number of carbonyl (C=O) groups is 1. The fraction of sp³-hybridized carbons (Fsp3) is 0.562. The molecule has 0 unspecified atom stereocenters. The maximum atomic E-state index is 12.2. The van der Waals surface area contributed by atoms with E-state index in [0.29, 0.717) is 12.8 Å². The number of hydrogen-bond donors (Lipinski definition) is 0. The molecule has 0 fully saturated rings. The smallest absolute Gasteiger partial charge is 0.140 e. The van der Waals surface area contributed by atoms with Crippen molar-refractivity contribution in [1.82, 2.24) is 19.3 Å². The van der Waals surface area contributed by atoms with E-state index < -0.39 is 0 Å². The highest BCUT2D eigenvalue weighted by Crippen LogP contribution is 2.14. The first-order chi connectivity index (χ1) is 10.0. The van der Waals surface area contributed by atoms with Gasteiger partial charge in [-0.25, -0.2) is 4.98 Å². The zero-order chi connectivity index (χ0) is 15.4. The molecule has 0 aliphatic carbocycles. The van der Waals surface area contributed by atoms with Crippen LogP contribution in [0.3, 0.4) is 0 Å². The Morgan fingerprint density at radius 1 is 1.33 bits per heavy atom. The molecule has 0 N–H and O–H groups in total. The number of carbonyl (C=O) groups excluding carboxylic acids is 1. The topological polar surface area (TPSA) is 52.7 Å². The molecule has 0 saturated carbocycles. The van der Waals surface area contributed by atoms with Gasteiger partial charge in [0, 0.05) is 38.1 Å². The second kappa shape index (κ2) is 6.70. The summed E-state index contributed by atoms with van der Waals surface area (Å²) in [6, 6.07) is 0. The van der Waals surface area contributed by atoms with Gasteiger partial charge in [-0.05, 0) is 32.3 Å². The Hall–Kier alpha value is -1.91. The molecular weight excluding hydrogens is 264 g/mol. The van der Waals surface area contributed by atoms with Crippen LogP contribution in [-0.4, -0.2) is 25.1 Å². The van der Waals surface area contributed by atoms with Gasteiger partial charge in [0.05, 0.1) is 12.1 Å². The van der Waals surface area contributed by atoms with Crippen LogP contribution in [0, 0.1) is 13.8 Å².